The molecule has 0 saturated heterocycles. The molecule has 106 valence electrons. The van der Waals surface area contributed by atoms with Crippen LogP contribution in [0.3, 0.4) is 0 Å². The minimum Gasteiger partial charge on any atom is -0.355 e. The topological polar surface area (TPSA) is 53.2 Å². The highest BCUT2D eigenvalue weighted by atomic mass is 35.5. The van der Waals surface area contributed by atoms with Gasteiger partial charge in [-0.05, 0) is 36.8 Å². The molecule has 7 heteroatoms. The number of carbonyl (C=O) groups is 1. The Morgan fingerprint density at radius 2 is 2.10 bits per heavy atom. The molecule has 4 nitrogen and oxygen atoms in total. The number of hydrogen-bond donors (Lipinski definition) is 3. The van der Waals surface area contributed by atoms with Gasteiger partial charge in [-0.3, -0.25) is 4.79 Å². The largest absolute Gasteiger partial charge is 0.355 e. The number of carbonyl (C=O) groups excluding carboxylic acids is 1. The molecular formula is C13H13Cl2N3OS. The Kier molecular flexibility index (Phi) is 4.52. The first-order valence-electron chi connectivity index (χ1n) is 5.89. The zero-order chi connectivity index (χ0) is 14.9. The number of thiocarbonyl (C=S) groups is 1. The molecule has 0 radical (unpaired) electrons. The summed E-state index contributed by atoms with van der Waals surface area (Å²) >= 11 is 17.3. The first-order chi connectivity index (χ1) is 9.43. The molecule has 1 aliphatic heterocycles. The molecule has 1 atom stereocenters. The van der Waals surface area contributed by atoms with Gasteiger partial charge in [0.15, 0.2) is 5.11 Å². The molecule has 0 aromatic heterocycles. The Bertz CT molecular complexity index is 616. The summed E-state index contributed by atoms with van der Waals surface area (Å²) < 4.78 is 0. The van der Waals surface area contributed by atoms with E-state index in [0.717, 1.165) is 5.56 Å². The Labute approximate surface area is 132 Å². The number of benzene rings is 1. The van der Waals surface area contributed by atoms with Crippen LogP contribution in [0.1, 0.15) is 18.5 Å². The van der Waals surface area contributed by atoms with E-state index in [9.17, 15) is 4.79 Å². The van der Waals surface area contributed by atoms with Gasteiger partial charge in [0.2, 0.25) is 0 Å². The predicted octanol–water partition coefficient (Wildman–Crippen LogP) is 2.53. The standard InChI is InChI=1S/C13H13Cl2N3OS/c1-6-10(12(19)16-2)11(18-13(20)17-6)8-4-3-7(14)5-9(8)15/h3-5,11H,1-2H3,(H,16,19)(H2,17,18,20). The van der Waals surface area contributed by atoms with E-state index in [-0.39, 0.29) is 5.91 Å². The lowest BCUT2D eigenvalue weighted by Gasteiger charge is -2.30. The van der Waals surface area contributed by atoms with E-state index in [4.69, 9.17) is 35.4 Å². The molecule has 1 aromatic carbocycles. The van der Waals surface area contributed by atoms with Crippen LogP contribution in [0.2, 0.25) is 10.0 Å². The monoisotopic (exact) mass is 329 g/mol. The van der Waals surface area contributed by atoms with Crippen molar-refractivity contribution in [3.05, 3.63) is 45.1 Å². The summed E-state index contributed by atoms with van der Waals surface area (Å²) in [7, 11) is 1.58. The fourth-order valence-electron chi connectivity index (χ4n) is 2.10. The van der Waals surface area contributed by atoms with Crippen LogP contribution in [0, 0.1) is 0 Å². The van der Waals surface area contributed by atoms with Crippen molar-refractivity contribution in [2.24, 2.45) is 0 Å². The first kappa shape index (κ1) is 15.1. The maximum absolute atomic E-state index is 12.1. The summed E-state index contributed by atoms with van der Waals surface area (Å²) in [6.45, 7) is 1.80. The normalized spacial score (nSPS) is 18.4. The molecule has 1 aromatic rings. The Morgan fingerprint density at radius 3 is 2.70 bits per heavy atom. The molecule has 1 amide bonds. The van der Waals surface area contributed by atoms with Crippen molar-refractivity contribution in [1.29, 1.82) is 0 Å². The van der Waals surface area contributed by atoms with E-state index in [1.165, 1.54) is 0 Å². The lowest BCUT2D eigenvalue weighted by atomic mass is 9.95. The molecule has 1 heterocycles. The van der Waals surface area contributed by atoms with Gasteiger partial charge < -0.3 is 16.0 Å². The molecule has 0 saturated carbocycles. The number of halogens is 2. The van der Waals surface area contributed by atoms with Crippen LogP contribution in [0.4, 0.5) is 0 Å². The summed E-state index contributed by atoms with van der Waals surface area (Å²) in [4.78, 5) is 12.1. The molecule has 0 bridgehead atoms. The number of rotatable bonds is 2. The first-order valence-corrected chi connectivity index (χ1v) is 7.05. The maximum atomic E-state index is 12.1. The van der Waals surface area contributed by atoms with E-state index in [0.29, 0.717) is 26.4 Å². The van der Waals surface area contributed by atoms with Gasteiger partial charge in [-0.15, -0.1) is 0 Å². The minimum absolute atomic E-state index is 0.194. The molecule has 2 rings (SSSR count). The summed E-state index contributed by atoms with van der Waals surface area (Å²) in [5.41, 5.74) is 1.99. The number of amides is 1. The quantitative estimate of drug-likeness (QED) is 0.730. The zero-order valence-electron chi connectivity index (χ0n) is 10.9. The highest BCUT2D eigenvalue weighted by Gasteiger charge is 2.30. The summed E-state index contributed by atoms with van der Waals surface area (Å²) in [6.07, 6.45) is 0. The highest BCUT2D eigenvalue weighted by molar-refractivity contribution is 7.80. The molecule has 0 spiro atoms. The molecule has 0 fully saturated rings. The van der Waals surface area contributed by atoms with Crippen LogP contribution in [-0.2, 0) is 4.79 Å². The zero-order valence-corrected chi connectivity index (χ0v) is 13.2. The van der Waals surface area contributed by atoms with Gasteiger partial charge in [-0.1, -0.05) is 29.3 Å². The number of allylic oxidation sites excluding steroid dienone is 1. The average molecular weight is 330 g/mol. The summed E-state index contributed by atoms with van der Waals surface area (Å²) in [6, 6.07) is 4.74. The maximum Gasteiger partial charge on any atom is 0.251 e. The molecular weight excluding hydrogens is 317 g/mol. The fourth-order valence-corrected chi connectivity index (χ4v) is 2.89. The summed E-state index contributed by atoms with van der Waals surface area (Å²) in [5.74, 6) is -0.194. The number of nitrogens with one attached hydrogen (secondary N) is 3. The van der Waals surface area contributed by atoms with Gasteiger partial charge in [0, 0.05) is 22.8 Å². The molecule has 20 heavy (non-hydrogen) atoms. The van der Waals surface area contributed by atoms with Crippen molar-refractivity contribution in [1.82, 2.24) is 16.0 Å². The molecule has 3 N–H and O–H groups in total. The third kappa shape index (κ3) is 2.90. The Balaban J connectivity index is 2.54. The lowest BCUT2D eigenvalue weighted by Crippen LogP contribution is -2.46. The van der Waals surface area contributed by atoms with Gasteiger partial charge in [-0.25, -0.2) is 0 Å². The predicted molar refractivity (Wildman–Crippen MR) is 84.8 cm³/mol. The average Bonchev–Trinajstić information content (AvgIpc) is 2.37. The Hall–Kier alpha value is -1.30. The van der Waals surface area contributed by atoms with Crippen molar-refractivity contribution in [2.45, 2.75) is 13.0 Å². The highest BCUT2D eigenvalue weighted by Crippen LogP contribution is 2.33. The summed E-state index contributed by atoms with van der Waals surface area (Å²) in [5, 5.41) is 10.1. The molecule has 1 aliphatic rings. The molecule has 0 aliphatic carbocycles. The number of likely N-dealkylation sites (N-methyl/N-ethyl adjacent to an activating group) is 1. The lowest BCUT2D eigenvalue weighted by molar-refractivity contribution is -0.117. The van der Waals surface area contributed by atoms with Crippen molar-refractivity contribution in [3.63, 3.8) is 0 Å². The SMILES string of the molecule is CNC(=O)C1=C(C)NC(=S)NC1c1ccc(Cl)cc1Cl. The minimum atomic E-state index is -0.409. The van der Waals surface area contributed by atoms with Crippen LogP contribution in [0.15, 0.2) is 29.5 Å². The van der Waals surface area contributed by atoms with Gasteiger partial charge in [-0.2, -0.15) is 0 Å². The Morgan fingerprint density at radius 1 is 1.40 bits per heavy atom. The van der Waals surface area contributed by atoms with Gasteiger partial charge in [0.05, 0.1) is 11.6 Å². The van der Waals surface area contributed by atoms with Crippen LogP contribution in [0.5, 0.6) is 0 Å². The van der Waals surface area contributed by atoms with Crippen LogP contribution < -0.4 is 16.0 Å². The third-order valence-corrected chi connectivity index (χ3v) is 3.80. The van der Waals surface area contributed by atoms with E-state index in [2.05, 4.69) is 16.0 Å². The van der Waals surface area contributed by atoms with Gasteiger partial charge in [0.25, 0.3) is 5.91 Å². The number of hydrogen-bond acceptors (Lipinski definition) is 2. The van der Waals surface area contributed by atoms with E-state index < -0.39 is 6.04 Å². The smallest absolute Gasteiger partial charge is 0.251 e. The fraction of sp³-hybridized carbons (Fsp3) is 0.231. The van der Waals surface area contributed by atoms with Gasteiger partial charge >= 0.3 is 0 Å². The van der Waals surface area contributed by atoms with Crippen LogP contribution >= 0.6 is 35.4 Å². The van der Waals surface area contributed by atoms with Crippen LogP contribution in [0.25, 0.3) is 0 Å². The van der Waals surface area contributed by atoms with Crippen molar-refractivity contribution < 1.29 is 4.79 Å². The van der Waals surface area contributed by atoms with E-state index in [1.54, 1.807) is 32.2 Å². The second-order valence-corrected chi connectivity index (χ2v) is 5.57. The second-order valence-electron chi connectivity index (χ2n) is 4.32. The molecule has 1 unspecified atom stereocenters. The van der Waals surface area contributed by atoms with Gasteiger partial charge in [0.1, 0.15) is 0 Å². The van der Waals surface area contributed by atoms with Crippen LogP contribution in [-0.4, -0.2) is 18.1 Å². The van der Waals surface area contributed by atoms with Crippen molar-refractivity contribution in [2.75, 3.05) is 7.05 Å². The van der Waals surface area contributed by atoms with E-state index >= 15 is 0 Å². The second kappa shape index (κ2) is 5.99. The van der Waals surface area contributed by atoms with E-state index in [1.807, 2.05) is 0 Å². The van der Waals surface area contributed by atoms with Crippen molar-refractivity contribution >= 4 is 46.4 Å². The third-order valence-electron chi connectivity index (χ3n) is 3.01. The van der Waals surface area contributed by atoms with Crippen molar-refractivity contribution in [3.8, 4) is 0 Å².